The van der Waals surface area contributed by atoms with Crippen molar-refractivity contribution in [3.8, 4) is 5.75 Å². The molecule has 306 valence electrons. The van der Waals surface area contributed by atoms with Crippen molar-refractivity contribution >= 4 is 39.7 Å². The predicted octanol–water partition coefficient (Wildman–Crippen LogP) is 2.08. The summed E-state index contributed by atoms with van der Waals surface area (Å²) in [5, 5.41) is 22.4. The van der Waals surface area contributed by atoms with E-state index in [0.29, 0.717) is 25.2 Å². The number of anilines is 1. The number of nitrogens with zero attached hydrogens (tertiary/aromatic N) is 2. The minimum absolute atomic E-state index is 0.0245. The number of aryl methyl sites for hydroxylation is 1. The number of sulfonamides is 1. The largest absolute Gasteiger partial charge is 0.493 e. The Balaban J connectivity index is 1.25. The summed E-state index contributed by atoms with van der Waals surface area (Å²) in [7, 11) is -4.02. The molecule has 0 spiro atoms. The van der Waals surface area contributed by atoms with Gasteiger partial charge in [-0.3, -0.25) is 14.4 Å². The molecule has 5 N–H and O–H groups in total. The smallest absolute Gasteiger partial charge is 0.329 e. The van der Waals surface area contributed by atoms with Gasteiger partial charge in [-0.2, -0.15) is 0 Å². The second-order valence-corrected chi connectivity index (χ2v) is 13.8. The van der Waals surface area contributed by atoms with Crippen molar-refractivity contribution in [3.63, 3.8) is 0 Å². The molecule has 0 bridgehead atoms. The quantitative estimate of drug-likeness (QED) is 0.0605. The Hall–Kier alpha value is -5.21. The van der Waals surface area contributed by atoms with Gasteiger partial charge in [0.1, 0.15) is 19.0 Å². The molecule has 2 aromatic carbocycles. The molecule has 1 heterocycles. The first-order valence-corrected chi connectivity index (χ1v) is 19.4. The number of carboxylic acids is 2. The maximum absolute atomic E-state index is 12.9. The molecule has 18 nitrogen and oxygen atoms in total. The van der Waals surface area contributed by atoms with Gasteiger partial charge in [0.05, 0.1) is 56.7 Å². The first kappa shape index (κ1) is 45.2. The maximum Gasteiger partial charge on any atom is 0.329 e. The first-order valence-electron chi connectivity index (χ1n) is 18.0. The molecule has 0 aliphatic rings. The van der Waals surface area contributed by atoms with Crippen LogP contribution in [0.25, 0.3) is 0 Å². The summed E-state index contributed by atoms with van der Waals surface area (Å²) in [5.41, 5.74) is 2.41. The summed E-state index contributed by atoms with van der Waals surface area (Å²) in [4.78, 5) is 53.0. The Labute approximate surface area is 325 Å². The number of benzene rings is 2. The fourth-order valence-corrected chi connectivity index (χ4v) is 5.71. The van der Waals surface area contributed by atoms with Crippen LogP contribution >= 0.6 is 0 Å². The van der Waals surface area contributed by atoms with Gasteiger partial charge in [0.2, 0.25) is 11.9 Å². The fraction of sp³-hybridized carbons (Fsp3) is 0.459. The molecule has 19 heteroatoms. The van der Waals surface area contributed by atoms with Gasteiger partial charge in [0, 0.05) is 38.3 Å². The lowest BCUT2D eigenvalue weighted by molar-refractivity contribution is -0.143. The molecule has 0 aliphatic carbocycles. The standard InChI is InChI=1S/C37H49N5O13S/c43-33(38-15-18-51-21-23-54-27-35(46)47)26-53-22-20-52-19-16-39-36(48)30-24-40-37(41-25-30)42-56(49,50)32-12-10-31(11-13-32)55-17-14-29-8-6-28(7-9-29)4-2-1-3-5-34(44)45/h6-13,24-25H,1-5,14-23,26-27H2,(H,38,43)(H,39,48)(H,44,45)(H,46,47)(H,40,41,42). The highest BCUT2D eigenvalue weighted by atomic mass is 32.2. The van der Waals surface area contributed by atoms with Crippen LogP contribution in [0.3, 0.4) is 0 Å². The highest BCUT2D eigenvalue weighted by Gasteiger charge is 2.17. The van der Waals surface area contributed by atoms with Crippen LogP contribution in [-0.4, -0.2) is 125 Å². The number of ether oxygens (including phenoxy) is 5. The fourth-order valence-electron chi connectivity index (χ4n) is 4.75. The van der Waals surface area contributed by atoms with Crippen LogP contribution in [0.1, 0.15) is 47.2 Å². The van der Waals surface area contributed by atoms with E-state index in [1.54, 1.807) is 12.1 Å². The Morgan fingerprint density at radius 1 is 0.625 bits per heavy atom. The molecule has 2 amide bonds. The normalized spacial score (nSPS) is 11.1. The van der Waals surface area contributed by atoms with Crippen molar-refractivity contribution in [2.24, 2.45) is 0 Å². The van der Waals surface area contributed by atoms with Crippen molar-refractivity contribution in [1.29, 1.82) is 0 Å². The van der Waals surface area contributed by atoms with Crippen molar-refractivity contribution in [2.45, 2.75) is 43.4 Å². The van der Waals surface area contributed by atoms with Crippen molar-refractivity contribution in [3.05, 3.63) is 77.6 Å². The number of aliphatic carboxylic acids is 2. The minimum atomic E-state index is -4.02. The number of nitrogens with one attached hydrogen (secondary N) is 3. The zero-order valence-electron chi connectivity index (χ0n) is 31.0. The second kappa shape index (κ2) is 25.8. The molecule has 1 aromatic heterocycles. The average Bonchev–Trinajstić information content (AvgIpc) is 3.17. The van der Waals surface area contributed by atoms with Gasteiger partial charge in [-0.05, 0) is 54.7 Å². The van der Waals surface area contributed by atoms with Crippen LogP contribution in [0.4, 0.5) is 5.95 Å². The van der Waals surface area contributed by atoms with E-state index >= 15 is 0 Å². The number of hydrogen-bond donors (Lipinski definition) is 5. The molecular weight excluding hydrogens is 754 g/mol. The van der Waals surface area contributed by atoms with Gasteiger partial charge in [-0.15, -0.1) is 0 Å². The van der Waals surface area contributed by atoms with Crippen LogP contribution in [0.15, 0.2) is 65.8 Å². The summed E-state index contributed by atoms with van der Waals surface area (Å²) >= 11 is 0. The van der Waals surface area contributed by atoms with E-state index in [1.165, 1.54) is 30.1 Å². The molecule has 0 radical (unpaired) electrons. The van der Waals surface area contributed by atoms with E-state index < -0.39 is 34.5 Å². The van der Waals surface area contributed by atoms with Gasteiger partial charge in [-0.1, -0.05) is 30.7 Å². The van der Waals surface area contributed by atoms with Crippen LogP contribution < -0.4 is 20.1 Å². The lowest BCUT2D eigenvalue weighted by Gasteiger charge is -2.10. The first-order chi connectivity index (χ1) is 27.0. The van der Waals surface area contributed by atoms with E-state index in [1.807, 2.05) is 12.1 Å². The van der Waals surface area contributed by atoms with E-state index in [4.69, 9.17) is 33.9 Å². The molecule has 0 atom stereocenters. The molecule has 3 aromatic rings. The molecular formula is C37H49N5O13S. The number of rotatable bonds is 30. The van der Waals surface area contributed by atoms with E-state index in [2.05, 4.69) is 37.5 Å². The number of carbonyl (C=O) groups excluding carboxylic acids is 2. The molecule has 0 saturated carbocycles. The highest BCUT2D eigenvalue weighted by Crippen LogP contribution is 2.19. The molecule has 56 heavy (non-hydrogen) atoms. The second-order valence-electron chi connectivity index (χ2n) is 12.1. The number of carboxylic acid groups (broad SMARTS) is 2. The van der Waals surface area contributed by atoms with Crippen LogP contribution in [-0.2, 0) is 56.2 Å². The molecule has 0 saturated heterocycles. The lowest BCUT2D eigenvalue weighted by Crippen LogP contribution is -2.31. The highest BCUT2D eigenvalue weighted by molar-refractivity contribution is 7.92. The Morgan fingerprint density at radius 2 is 1.21 bits per heavy atom. The molecule has 0 fully saturated rings. The number of aromatic nitrogens is 2. The number of carbonyl (C=O) groups is 4. The van der Waals surface area contributed by atoms with Crippen LogP contribution in [0, 0.1) is 0 Å². The average molecular weight is 804 g/mol. The Bertz CT molecular complexity index is 1740. The number of amides is 2. The third-order valence-electron chi connectivity index (χ3n) is 7.62. The Kier molecular flexibility index (Phi) is 20.8. The summed E-state index contributed by atoms with van der Waals surface area (Å²) in [6, 6.07) is 14.1. The van der Waals surface area contributed by atoms with Crippen molar-refractivity contribution < 1.29 is 61.5 Å². The monoisotopic (exact) mass is 803 g/mol. The van der Waals surface area contributed by atoms with Gasteiger partial charge < -0.3 is 44.5 Å². The van der Waals surface area contributed by atoms with Crippen LogP contribution in [0.5, 0.6) is 5.75 Å². The number of unbranched alkanes of at least 4 members (excludes halogenated alkanes) is 2. The minimum Gasteiger partial charge on any atom is -0.493 e. The zero-order chi connectivity index (χ0) is 40.4. The van der Waals surface area contributed by atoms with Gasteiger partial charge >= 0.3 is 11.9 Å². The lowest BCUT2D eigenvalue weighted by atomic mass is 10.0. The topological polar surface area (TPSA) is 251 Å². The summed E-state index contributed by atoms with van der Waals surface area (Å²) in [6.45, 7) is 1.36. The van der Waals surface area contributed by atoms with Gasteiger partial charge in [0.25, 0.3) is 15.9 Å². The van der Waals surface area contributed by atoms with Crippen LogP contribution in [0.2, 0.25) is 0 Å². The third kappa shape index (κ3) is 19.4. The van der Waals surface area contributed by atoms with E-state index in [0.717, 1.165) is 24.8 Å². The molecule has 0 aliphatic heterocycles. The maximum atomic E-state index is 12.9. The SMILES string of the molecule is O=C(O)CCCCCc1ccc(CCOc2ccc(S(=O)(=O)Nc3ncc(C(=O)NCCOCCOCC(=O)NCCOCCOCC(=O)O)cn3)cc2)cc1. The predicted molar refractivity (Wildman–Crippen MR) is 201 cm³/mol. The molecule has 3 rings (SSSR count). The van der Waals surface area contributed by atoms with E-state index in [-0.39, 0.29) is 88.1 Å². The van der Waals surface area contributed by atoms with E-state index in [9.17, 15) is 27.6 Å². The zero-order valence-corrected chi connectivity index (χ0v) is 31.8. The Morgan fingerprint density at radius 3 is 1.84 bits per heavy atom. The molecule has 0 unspecified atom stereocenters. The number of hydrogen-bond acceptors (Lipinski definition) is 13. The van der Waals surface area contributed by atoms with Gasteiger partial charge in [-0.25, -0.2) is 27.9 Å². The third-order valence-corrected chi connectivity index (χ3v) is 8.96. The summed E-state index contributed by atoms with van der Waals surface area (Å²) in [5.74, 6) is -2.35. The van der Waals surface area contributed by atoms with Gasteiger partial charge in [0.15, 0.2) is 0 Å². The van der Waals surface area contributed by atoms with Crippen molar-refractivity contribution in [2.75, 3.05) is 77.3 Å². The summed E-state index contributed by atoms with van der Waals surface area (Å²) in [6.07, 6.45) is 6.66. The van der Waals surface area contributed by atoms with Crippen molar-refractivity contribution in [1.82, 2.24) is 20.6 Å². The summed E-state index contributed by atoms with van der Waals surface area (Å²) < 4.78 is 54.5.